The van der Waals surface area contributed by atoms with Crippen LogP contribution in [0.4, 0.5) is 8.78 Å². The Labute approximate surface area is 126 Å². The summed E-state index contributed by atoms with van der Waals surface area (Å²) >= 11 is 0. The van der Waals surface area contributed by atoms with Crippen molar-refractivity contribution in [3.8, 4) is 0 Å². The minimum Gasteiger partial charge on any atom is -0.480 e. The molecule has 0 aromatic heterocycles. The summed E-state index contributed by atoms with van der Waals surface area (Å²) in [5.74, 6) is -3.06. The van der Waals surface area contributed by atoms with Crippen LogP contribution in [-0.2, 0) is 9.59 Å². The predicted octanol–water partition coefficient (Wildman–Crippen LogP) is 1.21. The van der Waals surface area contributed by atoms with Crippen LogP contribution in [0.25, 0.3) is 6.08 Å². The summed E-state index contributed by atoms with van der Waals surface area (Å²) in [7, 11) is 1.69. The molecule has 1 heterocycles. The van der Waals surface area contributed by atoms with Crippen LogP contribution in [0.15, 0.2) is 24.3 Å². The highest BCUT2D eigenvalue weighted by atomic mass is 19.2. The molecule has 22 heavy (non-hydrogen) atoms. The van der Waals surface area contributed by atoms with E-state index in [0.29, 0.717) is 18.7 Å². The Morgan fingerprint density at radius 3 is 2.64 bits per heavy atom. The summed E-state index contributed by atoms with van der Waals surface area (Å²) in [6.45, 7) is 0.826. The molecular weight excluding hydrogens is 294 g/mol. The number of likely N-dealkylation sites (tertiary alicyclic amines) is 1. The number of carbonyl (C=O) groups excluding carboxylic acids is 1. The Hall–Kier alpha value is -2.28. The molecule has 0 saturated carbocycles. The summed E-state index contributed by atoms with van der Waals surface area (Å²) in [6.07, 6.45) is 2.71. The molecule has 0 atom stereocenters. The number of aliphatic carboxylic acids is 1. The van der Waals surface area contributed by atoms with E-state index in [2.05, 4.69) is 0 Å². The Balaban J connectivity index is 1.85. The summed E-state index contributed by atoms with van der Waals surface area (Å²) in [5, 5.41) is 8.69. The van der Waals surface area contributed by atoms with Crippen molar-refractivity contribution in [2.75, 3.05) is 26.7 Å². The minimum atomic E-state index is -0.964. The average molecular weight is 310 g/mol. The van der Waals surface area contributed by atoms with E-state index in [0.717, 1.165) is 12.1 Å². The fourth-order valence-electron chi connectivity index (χ4n) is 2.15. The molecule has 1 aliphatic heterocycles. The molecule has 1 fully saturated rings. The van der Waals surface area contributed by atoms with E-state index in [9.17, 15) is 18.4 Å². The second-order valence-corrected chi connectivity index (χ2v) is 5.21. The molecule has 2 rings (SSSR count). The molecule has 5 nitrogen and oxygen atoms in total. The standard InChI is InChI=1S/C15H16F2N2O3/c1-18(9-15(21)22)11-7-19(8-11)14(20)5-3-10-2-4-12(16)13(17)6-10/h2-6,11H,7-9H2,1H3,(H,21,22)/b5-3+. The van der Waals surface area contributed by atoms with Crippen LogP contribution >= 0.6 is 0 Å². The molecule has 0 aliphatic carbocycles. The molecule has 1 amide bonds. The molecular formula is C15H16F2N2O3. The summed E-state index contributed by atoms with van der Waals surface area (Å²) in [6, 6.07) is 3.41. The van der Waals surface area contributed by atoms with Crippen molar-refractivity contribution < 1.29 is 23.5 Å². The van der Waals surface area contributed by atoms with Crippen LogP contribution in [0, 0.1) is 11.6 Å². The first-order valence-electron chi connectivity index (χ1n) is 6.71. The largest absolute Gasteiger partial charge is 0.480 e. The third-order valence-corrected chi connectivity index (χ3v) is 3.54. The fraction of sp³-hybridized carbons (Fsp3) is 0.333. The van der Waals surface area contributed by atoms with Crippen LogP contribution in [0.1, 0.15) is 5.56 Å². The summed E-state index contributed by atoms with van der Waals surface area (Å²) in [4.78, 5) is 25.7. The highest BCUT2D eigenvalue weighted by Crippen LogP contribution is 2.15. The second kappa shape index (κ2) is 6.65. The van der Waals surface area contributed by atoms with E-state index in [4.69, 9.17) is 5.11 Å². The number of halogens is 2. The molecule has 0 bridgehead atoms. The maximum Gasteiger partial charge on any atom is 0.317 e. The van der Waals surface area contributed by atoms with Gasteiger partial charge in [-0.3, -0.25) is 14.5 Å². The maximum absolute atomic E-state index is 13.0. The second-order valence-electron chi connectivity index (χ2n) is 5.21. The van der Waals surface area contributed by atoms with Gasteiger partial charge in [0.05, 0.1) is 6.54 Å². The van der Waals surface area contributed by atoms with Crippen molar-refractivity contribution in [2.24, 2.45) is 0 Å². The van der Waals surface area contributed by atoms with E-state index in [-0.39, 0.29) is 18.5 Å². The Bertz CT molecular complexity index is 613. The highest BCUT2D eigenvalue weighted by molar-refractivity contribution is 5.92. The molecule has 1 N–H and O–H groups in total. The van der Waals surface area contributed by atoms with Gasteiger partial charge in [0.15, 0.2) is 11.6 Å². The van der Waals surface area contributed by atoms with Gasteiger partial charge in [-0.2, -0.15) is 0 Å². The van der Waals surface area contributed by atoms with E-state index < -0.39 is 17.6 Å². The van der Waals surface area contributed by atoms with Gasteiger partial charge in [0.2, 0.25) is 5.91 Å². The van der Waals surface area contributed by atoms with Crippen LogP contribution < -0.4 is 0 Å². The Kier molecular flexibility index (Phi) is 4.87. The molecule has 1 saturated heterocycles. The van der Waals surface area contributed by atoms with Gasteiger partial charge in [-0.05, 0) is 30.8 Å². The van der Waals surface area contributed by atoms with Crippen LogP contribution in [0.3, 0.4) is 0 Å². The van der Waals surface area contributed by atoms with E-state index in [1.165, 1.54) is 18.2 Å². The zero-order valence-electron chi connectivity index (χ0n) is 12.0. The van der Waals surface area contributed by atoms with Crippen molar-refractivity contribution in [1.82, 2.24) is 9.80 Å². The topological polar surface area (TPSA) is 60.9 Å². The normalized spacial score (nSPS) is 15.4. The van der Waals surface area contributed by atoms with Gasteiger partial charge in [-0.1, -0.05) is 6.07 Å². The summed E-state index contributed by atoms with van der Waals surface area (Å²) in [5.41, 5.74) is 0.396. The molecule has 0 radical (unpaired) electrons. The van der Waals surface area contributed by atoms with Gasteiger partial charge in [-0.15, -0.1) is 0 Å². The van der Waals surface area contributed by atoms with Gasteiger partial charge < -0.3 is 10.0 Å². The van der Waals surface area contributed by atoms with Crippen molar-refractivity contribution in [3.05, 3.63) is 41.5 Å². The van der Waals surface area contributed by atoms with E-state index >= 15 is 0 Å². The molecule has 7 heteroatoms. The molecule has 1 aliphatic rings. The molecule has 1 aromatic rings. The molecule has 118 valence electrons. The highest BCUT2D eigenvalue weighted by Gasteiger charge is 2.32. The van der Waals surface area contributed by atoms with Gasteiger partial charge in [0.1, 0.15) is 0 Å². The monoisotopic (exact) mass is 310 g/mol. The van der Waals surface area contributed by atoms with Crippen LogP contribution in [0.5, 0.6) is 0 Å². The number of benzene rings is 1. The van der Waals surface area contributed by atoms with Gasteiger partial charge in [-0.25, -0.2) is 8.78 Å². The number of hydrogen-bond acceptors (Lipinski definition) is 3. The van der Waals surface area contributed by atoms with Gasteiger partial charge in [0.25, 0.3) is 0 Å². The first-order valence-corrected chi connectivity index (χ1v) is 6.71. The molecule has 1 aromatic carbocycles. The fourth-order valence-corrected chi connectivity index (χ4v) is 2.15. The van der Waals surface area contributed by atoms with Crippen LogP contribution in [-0.4, -0.2) is 59.5 Å². The third-order valence-electron chi connectivity index (χ3n) is 3.54. The smallest absolute Gasteiger partial charge is 0.317 e. The third kappa shape index (κ3) is 3.88. The molecule has 0 spiro atoms. The molecule has 0 unspecified atom stereocenters. The van der Waals surface area contributed by atoms with E-state index in [1.54, 1.807) is 16.8 Å². The first-order chi connectivity index (χ1) is 10.4. The van der Waals surface area contributed by atoms with Crippen molar-refractivity contribution in [1.29, 1.82) is 0 Å². The van der Waals surface area contributed by atoms with Gasteiger partial charge >= 0.3 is 5.97 Å². The number of amides is 1. The number of rotatable bonds is 5. The van der Waals surface area contributed by atoms with Crippen molar-refractivity contribution >= 4 is 18.0 Å². The Morgan fingerprint density at radius 2 is 2.05 bits per heavy atom. The lowest BCUT2D eigenvalue weighted by Gasteiger charge is -2.43. The lowest BCUT2D eigenvalue weighted by Crippen LogP contribution is -2.60. The van der Waals surface area contributed by atoms with Crippen LogP contribution in [0.2, 0.25) is 0 Å². The number of carbonyl (C=O) groups is 2. The number of carboxylic acid groups (broad SMARTS) is 1. The number of hydrogen-bond donors (Lipinski definition) is 1. The van der Waals surface area contributed by atoms with E-state index in [1.807, 2.05) is 0 Å². The number of likely N-dealkylation sites (N-methyl/N-ethyl adjacent to an activating group) is 1. The Morgan fingerprint density at radius 1 is 1.36 bits per heavy atom. The first kappa shape index (κ1) is 16.1. The zero-order chi connectivity index (χ0) is 16.3. The van der Waals surface area contributed by atoms with Crippen molar-refractivity contribution in [3.63, 3.8) is 0 Å². The lowest BCUT2D eigenvalue weighted by atomic mass is 10.1. The van der Waals surface area contributed by atoms with Gasteiger partial charge in [0, 0.05) is 25.2 Å². The summed E-state index contributed by atoms with van der Waals surface area (Å²) < 4.78 is 25.8. The maximum atomic E-state index is 13.0. The predicted molar refractivity (Wildman–Crippen MR) is 76.0 cm³/mol. The zero-order valence-corrected chi connectivity index (χ0v) is 12.0. The number of carboxylic acids is 1. The minimum absolute atomic E-state index is 0.0247. The number of nitrogens with zero attached hydrogens (tertiary/aromatic N) is 2. The lowest BCUT2D eigenvalue weighted by molar-refractivity contribution is -0.140. The quantitative estimate of drug-likeness (QED) is 0.830. The SMILES string of the molecule is CN(CC(=O)O)C1CN(C(=O)/C=C/c2ccc(F)c(F)c2)C1. The van der Waals surface area contributed by atoms with Crippen molar-refractivity contribution in [2.45, 2.75) is 6.04 Å². The average Bonchev–Trinajstić information content (AvgIpc) is 2.37.